The van der Waals surface area contributed by atoms with Gasteiger partial charge >= 0.3 is 0 Å². The molecular weight excluding hydrogens is 524 g/mol. The lowest BCUT2D eigenvalue weighted by Crippen LogP contribution is -2.48. The van der Waals surface area contributed by atoms with E-state index in [1.54, 1.807) is 31.0 Å². The fourth-order valence-electron chi connectivity index (χ4n) is 4.74. The van der Waals surface area contributed by atoms with Gasteiger partial charge in [0.1, 0.15) is 11.6 Å². The van der Waals surface area contributed by atoms with Crippen LogP contribution in [0.25, 0.3) is 0 Å². The molecule has 0 bridgehead atoms. The second kappa shape index (κ2) is 15.4. The second-order valence-electron chi connectivity index (χ2n) is 10.6. The molecule has 41 heavy (non-hydrogen) atoms. The maximum Gasteiger partial charge on any atom is 0.253 e. The summed E-state index contributed by atoms with van der Waals surface area (Å²) in [6.07, 6.45) is 1.69. The lowest BCUT2D eigenvalue weighted by Gasteiger charge is -2.25. The van der Waals surface area contributed by atoms with Crippen molar-refractivity contribution in [3.8, 4) is 0 Å². The summed E-state index contributed by atoms with van der Waals surface area (Å²) in [6, 6.07) is 15.4. The Balaban J connectivity index is 1.78. The lowest BCUT2D eigenvalue weighted by molar-refractivity contribution is 0.0793. The van der Waals surface area contributed by atoms with E-state index in [1.165, 1.54) is 23.8 Å². The van der Waals surface area contributed by atoms with Crippen molar-refractivity contribution in [3.05, 3.63) is 106 Å². The number of aryl methyl sites for hydroxylation is 2. The maximum absolute atomic E-state index is 13.9. The molecule has 3 N–H and O–H groups in total. The first-order chi connectivity index (χ1) is 19.6. The smallest absolute Gasteiger partial charge is 0.253 e. The molecule has 0 radical (unpaired) electrons. The molecule has 0 aromatic heterocycles. The van der Waals surface area contributed by atoms with Crippen molar-refractivity contribution in [1.82, 2.24) is 15.5 Å². The van der Waals surface area contributed by atoms with E-state index in [0.717, 1.165) is 36.5 Å². The van der Waals surface area contributed by atoms with Gasteiger partial charge in [-0.2, -0.15) is 0 Å². The molecule has 0 fully saturated rings. The topological polar surface area (TPSA) is 81.7 Å². The highest BCUT2D eigenvalue weighted by Crippen LogP contribution is 2.16. The van der Waals surface area contributed by atoms with E-state index in [4.69, 9.17) is 0 Å². The summed E-state index contributed by atoms with van der Waals surface area (Å²) in [5.74, 6) is -2.14. The summed E-state index contributed by atoms with van der Waals surface area (Å²) in [7, 11) is 1.73. The van der Waals surface area contributed by atoms with Crippen molar-refractivity contribution in [2.75, 3.05) is 20.1 Å². The molecule has 3 rings (SSSR count). The number of halogens is 2. The molecule has 2 atom stereocenters. The number of hydrogen-bond donors (Lipinski definition) is 3. The number of aliphatic hydroxyl groups is 1. The van der Waals surface area contributed by atoms with Crippen LogP contribution in [0.5, 0.6) is 0 Å². The van der Waals surface area contributed by atoms with E-state index in [-0.39, 0.29) is 24.4 Å². The van der Waals surface area contributed by atoms with Crippen molar-refractivity contribution < 1.29 is 23.5 Å². The van der Waals surface area contributed by atoms with Gasteiger partial charge in [-0.1, -0.05) is 44.5 Å². The van der Waals surface area contributed by atoms with Crippen LogP contribution in [-0.2, 0) is 19.4 Å². The third kappa shape index (κ3) is 9.76. The van der Waals surface area contributed by atoms with Gasteiger partial charge in [-0.3, -0.25) is 9.59 Å². The van der Waals surface area contributed by atoms with Crippen molar-refractivity contribution in [2.45, 2.75) is 65.1 Å². The molecule has 0 aliphatic heterocycles. The van der Waals surface area contributed by atoms with Gasteiger partial charge in [0.05, 0.1) is 12.1 Å². The first kappa shape index (κ1) is 31.9. The molecule has 0 spiro atoms. The minimum absolute atomic E-state index is 0.00590. The van der Waals surface area contributed by atoms with Crippen molar-refractivity contribution in [3.63, 3.8) is 0 Å². The van der Waals surface area contributed by atoms with E-state index >= 15 is 0 Å². The highest BCUT2D eigenvalue weighted by Gasteiger charge is 2.24. The van der Waals surface area contributed by atoms with Crippen molar-refractivity contribution >= 4 is 11.8 Å². The van der Waals surface area contributed by atoms with Crippen molar-refractivity contribution in [1.29, 1.82) is 0 Å². The SMILES string of the molecule is CCCCN(C)C(=O)c1cc(C)cc(C(=O)N[C@@H](Cc2cc(F)cc(F)c2)[C@H](O)CNCc2cccc(CC)c2)c1. The Morgan fingerprint density at radius 2 is 1.61 bits per heavy atom. The molecule has 6 nitrogen and oxygen atoms in total. The third-order valence-electron chi connectivity index (χ3n) is 7.02. The van der Waals surface area contributed by atoms with Crippen LogP contribution in [0.1, 0.15) is 69.7 Å². The summed E-state index contributed by atoms with van der Waals surface area (Å²) >= 11 is 0. The van der Waals surface area contributed by atoms with Crippen LogP contribution in [0.3, 0.4) is 0 Å². The summed E-state index contributed by atoms with van der Waals surface area (Å²) in [4.78, 5) is 28.0. The Morgan fingerprint density at radius 1 is 0.927 bits per heavy atom. The number of unbranched alkanes of at least 4 members (excludes halogenated alkanes) is 1. The number of carbonyl (C=O) groups is 2. The van der Waals surface area contributed by atoms with Gasteiger partial charge < -0.3 is 20.6 Å². The monoisotopic (exact) mass is 565 g/mol. The number of benzene rings is 3. The standard InChI is InChI=1S/C33H41F2N3O3/c1-5-7-11-38(4)33(41)27-13-22(3)12-26(18-27)32(40)37-30(17-25-15-28(34)19-29(35)16-25)31(39)21-36-20-24-10-8-9-23(6-2)14-24/h8-10,12-16,18-19,30-31,36,39H,5-7,11,17,20-21H2,1-4H3,(H,37,40)/t30-,31+/m0/s1. The van der Waals surface area contributed by atoms with Gasteiger partial charge in [-0.15, -0.1) is 0 Å². The van der Waals surface area contributed by atoms with E-state index in [1.807, 2.05) is 12.1 Å². The molecule has 0 saturated carbocycles. The highest BCUT2D eigenvalue weighted by atomic mass is 19.1. The Labute approximate surface area is 241 Å². The van der Waals surface area contributed by atoms with Crippen LogP contribution >= 0.6 is 0 Å². The number of amides is 2. The van der Waals surface area contributed by atoms with Crippen LogP contribution in [0.4, 0.5) is 8.78 Å². The highest BCUT2D eigenvalue weighted by molar-refractivity contribution is 6.00. The zero-order valence-electron chi connectivity index (χ0n) is 24.3. The predicted molar refractivity (Wildman–Crippen MR) is 158 cm³/mol. The summed E-state index contributed by atoms with van der Waals surface area (Å²) in [5.41, 5.74) is 3.98. The number of rotatable bonds is 14. The summed E-state index contributed by atoms with van der Waals surface area (Å²) in [6.45, 7) is 7.19. The molecule has 3 aromatic carbocycles. The van der Waals surface area contributed by atoms with E-state index in [2.05, 4.69) is 36.6 Å². The predicted octanol–water partition coefficient (Wildman–Crippen LogP) is 5.20. The molecule has 0 saturated heterocycles. The first-order valence-electron chi connectivity index (χ1n) is 14.2. The second-order valence-corrected chi connectivity index (χ2v) is 10.6. The van der Waals surface area contributed by atoms with Crippen LogP contribution in [0.2, 0.25) is 0 Å². The third-order valence-corrected chi connectivity index (χ3v) is 7.02. The fraction of sp³-hybridized carbons (Fsp3) is 0.394. The number of hydrogen-bond acceptors (Lipinski definition) is 4. The van der Waals surface area contributed by atoms with Gasteiger partial charge in [-0.25, -0.2) is 8.78 Å². The zero-order chi connectivity index (χ0) is 29.9. The van der Waals surface area contributed by atoms with Gasteiger partial charge in [0.15, 0.2) is 0 Å². The average molecular weight is 566 g/mol. The molecule has 0 aliphatic carbocycles. The van der Waals surface area contributed by atoms with Crippen LogP contribution in [0.15, 0.2) is 60.7 Å². The van der Waals surface area contributed by atoms with E-state index in [0.29, 0.717) is 24.2 Å². The van der Waals surface area contributed by atoms with E-state index in [9.17, 15) is 23.5 Å². The number of carbonyl (C=O) groups excluding carboxylic acids is 2. The maximum atomic E-state index is 13.9. The van der Waals surface area contributed by atoms with Gasteiger partial charge in [0, 0.05) is 43.9 Å². The minimum Gasteiger partial charge on any atom is -0.390 e. The molecule has 3 aromatic rings. The van der Waals surface area contributed by atoms with Crippen LogP contribution < -0.4 is 10.6 Å². The molecule has 0 heterocycles. The molecule has 2 amide bonds. The van der Waals surface area contributed by atoms with Crippen molar-refractivity contribution in [2.24, 2.45) is 0 Å². The number of aliphatic hydroxyl groups excluding tert-OH is 1. The van der Waals surface area contributed by atoms with Gasteiger partial charge in [-0.05, 0) is 78.8 Å². The Hall–Kier alpha value is -3.62. The van der Waals surface area contributed by atoms with Crippen LogP contribution in [-0.4, -0.2) is 54.1 Å². The molecule has 0 unspecified atom stereocenters. The molecule has 0 aliphatic rings. The fourth-order valence-corrected chi connectivity index (χ4v) is 4.74. The number of nitrogens with one attached hydrogen (secondary N) is 2. The van der Waals surface area contributed by atoms with Gasteiger partial charge in [0.25, 0.3) is 11.8 Å². The quantitative estimate of drug-likeness (QED) is 0.251. The molecule has 220 valence electrons. The normalized spacial score (nSPS) is 12.6. The summed E-state index contributed by atoms with van der Waals surface area (Å²) in [5, 5.41) is 17.2. The summed E-state index contributed by atoms with van der Waals surface area (Å²) < 4.78 is 27.9. The lowest BCUT2D eigenvalue weighted by atomic mass is 9.99. The molecule has 8 heteroatoms. The van der Waals surface area contributed by atoms with Crippen LogP contribution in [0, 0.1) is 18.6 Å². The zero-order valence-corrected chi connectivity index (χ0v) is 24.3. The van der Waals surface area contributed by atoms with Gasteiger partial charge in [0.2, 0.25) is 0 Å². The average Bonchev–Trinajstić information content (AvgIpc) is 2.94. The van der Waals surface area contributed by atoms with E-state index < -0.39 is 29.7 Å². The Morgan fingerprint density at radius 3 is 2.29 bits per heavy atom. The minimum atomic E-state index is -1.06. The number of nitrogens with zero attached hydrogens (tertiary/aromatic N) is 1. The first-order valence-corrected chi connectivity index (χ1v) is 14.2. The Bertz CT molecular complexity index is 1310. The Kier molecular flexibility index (Phi) is 12.0. The molecular formula is C33H41F2N3O3. The largest absolute Gasteiger partial charge is 0.390 e.